The van der Waals surface area contributed by atoms with Crippen LogP contribution in [-0.2, 0) is 24.1 Å². The van der Waals surface area contributed by atoms with Gasteiger partial charge in [-0.05, 0) is 36.1 Å². The first kappa shape index (κ1) is 22.2. The lowest BCUT2D eigenvalue weighted by atomic mass is 10.0. The summed E-state index contributed by atoms with van der Waals surface area (Å²) in [6, 6.07) is 2.92. The molecule has 0 radical (unpaired) electrons. The van der Waals surface area contributed by atoms with Gasteiger partial charge in [0.1, 0.15) is 0 Å². The number of ether oxygens (including phenoxy) is 2. The highest BCUT2D eigenvalue weighted by molar-refractivity contribution is 5.94. The van der Waals surface area contributed by atoms with E-state index in [0.29, 0.717) is 43.1 Å². The molecule has 3 rings (SSSR count). The molecule has 10 heteroatoms. The first-order valence-electron chi connectivity index (χ1n) is 9.72. The largest absolute Gasteiger partial charge is 0.494 e. The summed E-state index contributed by atoms with van der Waals surface area (Å²) in [6.45, 7) is 1.23. The number of aryl methyl sites for hydroxylation is 2. The van der Waals surface area contributed by atoms with E-state index in [-0.39, 0.29) is 11.7 Å². The molecule has 3 aromatic rings. The molecule has 9 nitrogen and oxygen atoms in total. The molecule has 0 aliphatic heterocycles. The van der Waals surface area contributed by atoms with Gasteiger partial charge in [-0.15, -0.1) is 0 Å². The predicted molar refractivity (Wildman–Crippen MR) is 113 cm³/mol. The number of halogens is 1. The van der Waals surface area contributed by atoms with Crippen LogP contribution in [0.5, 0.6) is 5.75 Å². The summed E-state index contributed by atoms with van der Waals surface area (Å²) in [5.74, 6) is -0.300. The number of nitrogens with zero attached hydrogens (tertiary/aromatic N) is 4. The van der Waals surface area contributed by atoms with E-state index >= 15 is 0 Å². The molecule has 31 heavy (non-hydrogen) atoms. The summed E-state index contributed by atoms with van der Waals surface area (Å²) >= 11 is 0. The van der Waals surface area contributed by atoms with Crippen LogP contribution >= 0.6 is 0 Å². The van der Waals surface area contributed by atoms with Crippen LogP contribution in [0.1, 0.15) is 21.5 Å². The van der Waals surface area contributed by atoms with Gasteiger partial charge in [-0.3, -0.25) is 9.48 Å². The van der Waals surface area contributed by atoms with Crippen LogP contribution in [0.3, 0.4) is 0 Å². The Kier molecular flexibility index (Phi) is 7.50. The molecule has 0 unspecified atom stereocenters. The molecule has 0 aliphatic carbocycles. The van der Waals surface area contributed by atoms with E-state index in [1.165, 1.54) is 26.3 Å². The first-order chi connectivity index (χ1) is 15.0. The van der Waals surface area contributed by atoms with Gasteiger partial charge in [-0.25, -0.2) is 14.4 Å². The van der Waals surface area contributed by atoms with Gasteiger partial charge in [0.15, 0.2) is 11.6 Å². The summed E-state index contributed by atoms with van der Waals surface area (Å²) in [4.78, 5) is 20.5. The topological polar surface area (TPSA) is 103 Å². The van der Waals surface area contributed by atoms with Gasteiger partial charge in [0, 0.05) is 38.3 Å². The monoisotopic (exact) mass is 428 g/mol. The Morgan fingerprint density at radius 2 is 1.94 bits per heavy atom. The maximum Gasteiger partial charge on any atom is 0.251 e. The van der Waals surface area contributed by atoms with Gasteiger partial charge in [-0.2, -0.15) is 5.10 Å². The summed E-state index contributed by atoms with van der Waals surface area (Å²) < 4.78 is 26.5. The Hall–Kier alpha value is -3.53. The second-order valence-electron chi connectivity index (χ2n) is 6.76. The molecule has 2 N–H and O–H groups in total. The van der Waals surface area contributed by atoms with Crippen molar-refractivity contribution in [2.75, 3.05) is 33.2 Å². The highest BCUT2D eigenvalue weighted by Crippen LogP contribution is 2.24. The fraction of sp³-hybridized carbons (Fsp3) is 0.333. The van der Waals surface area contributed by atoms with Crippen molar-refractivity contribution in [3.05, 3.63) is 59.4 Å². The molecule has 0 saturated heterocycles. The maximum atomic E-state index is 14.6. The Labute approximate surface area is 179 Å². The first-order valence-corrected chi connectivity index (χ1v) is 9.72. The minimum absolute atomic E-state index is 0.0398. The number of methoxy groups -OCH3 is 2. The lowest BCUT2D eigenvalue weighted by molar-refractivity contribution is 0.0962. The fourth-order valence-corrected chi connectivity index (χ4v) is 2.95. The van der Waals surface area contributed by atoms with E-state index < -0.39 is 5.82 Å². The van der Waals surface area contributed by atoms with Gasteiger partial charge in [0.25, 0.3) is 5.91 Å². The van der Waals surface area contributed by atoms with Gasteiger partial charge in [0.05, 0.1) is 32.1 Å². The van der Waals surface area contributed by atoms with Crippen molar-refractivity contribution in [3.8, 4) is 5.75 Å². The van der Waals surface area contributed by atoms with Crippen molar-refractivity contribution in [2.45, 2.75) is 19.4 Å². The van der Waals surface area contributed by atoms with E-state index in [1.54, 1.807) is 30.4 Å². The zero-order valence-corrected chi connectivity index (χ0v) is 17.7. The van der Waals surface area contributed by atoms with Gasteiger partial charge >= 0.3 is 0 Å². The van der Waals surface area contributed by atoms with Crippen LogP contribution in [0.25, 0.3) is 0 Å². The third-order valence-corrected chi connectivity index (χ3v) is 4.63. The van der Waals surface area contributed by atoms with E-state index in [9.17, 15) is 9.18 Å². The molecular weight excluding hydrogens is 403 g/mol. The molecule has 1 amide bonds. The number of hydrogen-bond donors (Lipinski definition) is 2. The minimum Gasteiger partial charge on any atom is -0.494 e. The number of benzene rings is 1. The van der Waals surface area contributed by atoms with E-state index in [1.807, 2.05) is 6.20 Å². The molecule has 0 aliphatic rings. The van der Waals surface area contributed by atoms with Crippen molar-refractivity contribution in [1.29, 1.82) is 0 Å². The number of nitrogens with one attached hydrogen (secondary N) is 2. The number of carbonyl (C=O) groups is 1. The SMILES string of the molecule is CNC(=O)c1cc(CCc2cnc(Nc3cnn(CCOC)c3)nc2)c(F)c(OC)c1. The quantitative estimate of drug-likeness (QED) is 0.511. The lowest BCUT2D eigenvalue weighted by Gasteiger charge is -2.11. The zero-order chi connectivity index (χ0) is 22.2. The molecule has 0 spiro atoms. The van der Waals surface area contributed by atoms with E-state index in [0.717, 1.165) is 11.3 Å². The van der Waals surface area contributed by atoms with Crippen LogP contribution in [0.2, 0.25) is 0 Å². The van der Waals surface area contributed by atoms with Crippen molar-refractivity contribution in [1.82, 2.24) is 25.1 Å². The van der Waals surface area contributed by atoms with Gasteiger partial charge in [0.2, 0.25) is 5.95 Å². The average Bonchev–Trinajstić information content (AvgIpc) is 3.24. The molecule has 0 atom stereocenters. The standard InChI is InChI=1S/C21H25FN6O3/c1-23-20(29)16-8-15(19(22)18(9-16)31-3)5-4-14-10-24-21(25-11-14)27-17-12-26-28(13-17)6-7-30-2/h8-13H,4-7H2,1-3H3,(H,23,29)(H,24,25,27). The second kappa shape index (κ2) is 10.5. The molecule has 2 heterocycles. The van der Waals surface area contributed by atoms with Crippen molar-refractivity contribution in [2.24, 2.45) is 0 Å². The summed E-state index contributed by atoms with van der Waals surface area (Å²) in [5, 5.41) is 9.84. The van der Waals surface area contributed by atoms with Gasteiger partial charge < -0.3 is 20.1 Å². The summed E-state index contributed by atoms with van der Waals surface area (Å²) in [5.41, 5.74) is 2.34. The Bertz CT molecular complexity index is 1020. The molecule has 0 bridgehead atoms. The molecule has 164 valence electrons. The molecule has 1 aromatic carbocycles. The van der Waals surface area contributed by atoms with E-state index in [2.05, 4.69) is 25.7 Å². The third-order valence-electron chi connectivity index (χ3n) is 4.63. The van der Waals surface area contributed by atoms with E-state index in [4.69, 9.17) is 9.47 Å². The number of rotatable bonds is 10. The number of carbonyl (C=O) groups excluding carboxylic acids is 1. The Morgan fingerprint density at radius 3 is 2.61 bits per heavy atom. The third kappa shape index (κ3) is 5.76. The molecule has 0 fully saturated rings. The highest BCUT2D eigenvalue weighted by atomic mass is 19.1. The fourth-order valence-electron chi connectivity index (χ4n) is 2.95. The Morgan fingerprint density at radius 1 is 1.16 bits per heavy atom. The molecule has 0 saturated carbocycles. The second-order valence-corrected chi connectivity index (χ2v) is 6.76. The number of aromatic nitrogens is 4. The average molecular weight is 428 g/mol. The van der Waals surface area contributed by atoms with Crippen LogP contribution in [0, 0.1) is 5.82 Å². The Balaban J connectivity index is 1.64. The summed E-state index contributed by atoms with van der Waals surface area (Å²) in [7, 11) is 4.54. The van der Waals surface area contributed by atoms with Crippen LogP contribution in [-0.4, -0.2) is 53.5 Å². The number of hydrogen-bond acceptors (Lipinski definition) is 7. The maximum absolute atomic E-state index is 14.6. The van der Waals surface area contributed by atoms with Crippen LogP contribution in [0.4, 0.5) is 16.0 Å². The minimum atomic E-state index is -0.472. The predicted octanol–water partition coefficient (Wildman–Crippen LogP) is 2.36. The van der Waals surface area contributed by atoms with Crippen molar-refractivity contribution in [3.63, 3.8) is 0 Å². The smallest absolute Gasteiger partial charge is 0.251 e. The lowest BCUT2D eigenvalue weighted by Crippen LogP contribution is -2.18. The highest BCUT2D eigenvalue weighted by Gasteiger charge is 2.15. The van der Waals surface area contributed by atoms with Crippen molar-refractivity contribution >= 4 is 17.5 Å². The van der Waals surface area contributed by atoms with Crippen molar-refractivity contribution < 1.29 is 18.7 Å². The molecular formula is C21H25FN6O3. The molecule has 2 aromatic heterocycles. The normalized spacial score (nSPS) is 10.7. The number of anilines is 2. The number of amides is 1. The van der Waals surface area contributed by atoms with Gasteiger partial charge in [-0.1, -0.05) is 0 Å². The summed E-state index contributed by atoms with van der Waals surface area (Å²) in [6.07, 6.45) is 7.77. The zero-order valence-electron chi connectivity index (χ0n) is 17.7. The van der Waals surface area contributed by atoms with Crippen LogP contribution < -0.4 is 15.4 Å². The van der Waals surface area contributed by atoms with Crippen LogP contribution in [0.15, 0.2) is 36.9 Å².